The third-order valence-electron chi connectivity index (χ3n) is 3.78. The van der Waals surface area contributed by atoms with Crippen molar-refractivity contribution in [3.63, 3.8) is 0 Å². The molecule has 0 atom stereocenters. The Kier molecular flexibility index (Phi) is 3.38. The highest BCUT2D eigenvalue weighted by atomic mass is 19.3. The molecule has 128 valence electrons. The zero-order chi connectivity index (χ0) is 17.6. The molecule has 2 N–H and O–H groups in total. The fourth-order valence-corrected chi connectivity index (χ4v) is 2.73. The van der Waals surface area contributed by atoms with Gasteiger partial charge in [0, 0.05) is 18.5 Å². The molecule has 0 amide bonds. The maximum Gasteiger partial charge on any atom is 0.264 e. The van der Waals surface area contributed by atoms with Gasteiger partial charge in [0.15, 0.2) is 11.5 Å². The molecule has 0 radical (unpaired) electrons. The van der Waals surface area contributed by atoms with E-state index in [-0.39, 0.29) is 0 Å². The topological polar surface area (TPSA) is 84.3 Å². The molecule has 4 aromatic rings. The molecule has 0 aliphatic rings. The molecule has 0 fully saturated rings. The monoisotopic (exact) mass is 343 g/mol. The van der Waals surface area contributed by atoms with Crippen LogP contribution in [0, 0.1) is 6.92 Å². The van der Waals surface area contributed by atoms with E-state index in [1.807, 2.05) is 18.2 Å². The number of aromatic amines is 1. The van der Waals surface area contributed by atoms with Gasteiger partial charge in [0.25, 0.3) is 5.92 Å². The van der Waals surface area contributed by atoms with Crippen LogP contribution in [0.15, 0.2) is 30.6 Å². The molecule has 0 aromatic carbocycles. The van der Waals surface area contributed by atoms with Crippen LogP contribution in [0.3, 0.4) is 0 Å². The predicted octanol–water partition coefficient (Wildman–Crippen LogP) is 3.41. The van der Waals surface area contributed by atoms with Gasteiger partial charge in [-0.3, -0.25) is 10.1 Å². The van der Waals surface area contributed by atoms with Gasteiger partial charge in [-0.1, -0.05) is 0 Å². The van der Waals surface area contributed by atoms with Crippen molar-refractivity contribution in [2.24, 2.45) is 0 Å². The third-order valence-corrected chi connectivity index (χ3v) is 3.78. The van der Waals surface area contributed by atoms with Gasteiger partial charge in [-0.2, -0.15) is 10.2 Å². The SMILES string of the molecule is Cc1nn(CC(C)(F)F)c2ncc(Nc3n[nH]c4cccnc34)cc12. The fourth-order valence-electron chi connectivity index (χ4n) is 2.73. The zero-order valence-corrected chi connectivity index (χ0v) is 13.6. The molecule has 0 unspecified atom stereocenters. The molecule has 0 bridgehead atoms. The molecule has 4 rings (SSSR count). The van der Waals surface area contributed by atoms with E-state index in [9.17, 15) is 8.78 Å². The molecule has 25 heavy (non-hydrogen) atoms. The van der Waals surface area contributed by atoms with Crippen LogP contribution in [0.1, 0.15) is 12.6 Å². The van der Waals surface area contributed by atoms with Gasteiger partial charge in [0.05, 0.1) is 23.1 Å². The Labute approximate surface area is 141 Å². The maximum absolute atomic E-state index is 13.3. The molecular formula is C16H15F2N7. The van der Waals surface area contributed by atoms with E-state index in [1.54, 1.807) is 19.3 Å². The number of alkyl halides is 2. The lowest BCUT2D eigenvalue weighted by atomic mass is 10.2. The Morgan fingerprint density at radius 1 is 1.32 bits per heavy atom. The Morgan fingerprint density at radius 2 is 2.16 bits per heavy atom. The number of nitrogens with zero attached hydrogens (tertiary/aromatic N) is 5. The summed E-state index contributed by atoms with van der Waals surface area (Å²) in [6.45, 7) is 2.12. The largest absolute Gasteiger partial charge is 0.336 e. The van der Waals surface area contributed by atoms with Crippen molar-refractivity contribution >= 4 is 33.6 Å². The highest BCUT2D eigenvalue weighted by Gasteiger charge is 2.24. The normalized spacial score (nSPS) is 12.2. The van der Waals surface area contributed by atoms with Gasteiger partial charge >= 0.3 is 0 Å². The number of hydrogen-bond donors (Lipinski definition) is 2. The van der Waals surface area contributed by atoms with Crippen LogP contribution in [0.25, 0.3) is 22.1 Å². The minimum absolute atomic E-state index is 0.426. The van der Waals surface area contributed by atoms with Crippen molar-refractivity contribution < 1.29 is 8.78 Å². The van der Waals surface area contributed by atoms with Crippen molar-refractivity contribution in [2.75, 3.05) is 5.32 Å². The lowest BCUT2D eigenvalue weighted by molar-refractivity contribution is 0.00160. The summed E-state index contributed by atoms with van der Waals surface area (Å²) in [5.41, 5.74) is 3.27. The first kappa shape index (κ1) is 15.4. The molecule has 7 nitrogen and oxygen atoms in total. The summed E-state index contributed by atoms with van der Waals surface area (Å²) in [5.74, 6) is -2.29. The Bertz CT molecular complexity index is 1060. The van der Waals surface area contributed by atoms with Gasteiger partial charge < -0.3 is 5.32 Å². The summed E-state index contributed by atoms with van der Waals surface area (Å²) < 4.78 is 27.8. The molecule has 0 saturated carbocycles. The molecule has 4 aromatic heterocycles. The van der Waals surface area contributed by atoms with Gasteiger partial charge in [0.2, 0.25) is 0 Å². The second-order valence-corrected chi connectivity index (χ2v) is 6.01. The number of nitrogens with one attached hydrogen (secondary N) is 2. The highest BCUT2D eigenvalue weighted by Crippen LogP contribution is 2.26. The number of fused-ring (bicyclic) bond motifs is 2. The quantitative estimate of drug-likeness (QED) is 0.593. The molecule has 9 heteroatoms. The number of aryl methyl sites for hydroxylation is 1. The minimum atomic E-state index is -2.86. The van der Waals surface area contributed by atoms with E-state index in [4.69, 9.17) is 0 Å². The summed E-state index contributed by atoms with van der Waals surface area (Å²) in [7, 11) is 0. The predicted molar refractivity (Wildman–Crippen MR) is 90.1 cm³/mol. The van der Waals surface area contributed by atoms with Crippen LogP contribution in [-0.2, 0) is 6.54 Å². The lowest BCUT2D eigenvalue weighted by Crippen LogP contribution is -2.20. The molecule has 0 saturated heterocycles. The molecule has 0 aliphatic heterocycles. The Hall–Kier alpha value is -3.10. The standard InChI is InChI=1S/C16H15F2N7/c1-9-11-6-10(7-20-15(11)25(24-9)8-16(2,17)18)21-14-13-12(22-23-14)4-3-5-19-13/h3-7H,8H2,1-2H3,(H2,21,22,23). The number of halogens is 2. The molecular weight excluding hydrogens is 328 g/mol. The van der Waals surface area contributed by atoms with E-state index in [0.717, 1.165) is 12.4 Å². The number of hydrogen-bond acceptors (Lipinski definition) is 5. The first-order chi connectivity index (χ1) is 11.9. The van der Waals surface area contributed by atoms with E-state index < -0.39 is 12.5 Å². The van der Waals surface area contributed by atoms with Crippen molar-refractivity contribution in [2.45, 2.75) is 26.3 Å². The van der Waals surface area contributed by atoms with Crippen LogP contribution in [0.4, 0.5) is 20.3 Å². The van der Waals surface area contributed by atoms with Crippen LogP contribution < -0.4 is 5.32 Å². The second kappa shape index (κ2) is 5.47. The van der Waals surface area contributed by atoms with Crippen LogP contribution in [-0.4, -0.2) is 35.9 Å². The second-order valence-electron chi connectivity index (χ2n) is 6.01. The van der Waals surface area contributed by atoms with E-state index in [0.29, 0.717) is 33.7 Å². The first-order valence-corrected chi connectivity index (χ1v) is 7.68. The zero-order valence-electron chi connectivity index (χ0n) is 13.6. The average Bonchev–Trinajstić information content (AvgIpc) is 3.08. The molecule has 0 aliphatic carbocycles. The summed E-state index contributed by atoms with van der Waals surface area (Å²) in [5, 5.41) is 15.1. The van der Waals surface area contributed by atoms with Crippen molar-refractivity contribution in [1.29, 1.82) is 0 Å². The molecule has 4 heterocycles. The fraction of sp³-hybridized carbons (Fsp3) is 0.250. The van der Waals surface area contributed by atoms with Crippen molar-refractivity contribution in [1.82, 2.24) is 29.9 Å². The number of anilines is 2. The van der Waals surface area contributed by atoms with Crippen LogP contribution >= 0.6 is 0 Å². The van der Waals surface area contributed by atoms with Gasteiger partial charge in [-0.15, -0.1) is 0 Å². The van der Waals surface area contributed by atoms with E-state index >= 15 is 0 Å². The van der Waals surface area contributed by atoms with Gasteiger partial charge in [-0.25, -0.2) is 18.4 Å². The van der Waals surface area contributed by atoms with Crippen LogP contribution in [0.2, 0.25) is 0 Å². The Balaban J connectivity index is 1.71. The van der Waals surface area contributed by atoms with Crippen molar-refractivity contribution in [3.05, 3.63) is 36.3 Å². The highest BCUT2D eigenvalue weighted by molar-refractivity contribution is 5.89. The summed E-state index contributed by atoms with van der Waals surface area (Å²) in [6, 6.07) is 5.51. The van der Waals surface area contributed by atoms with Gasteiger partial charge in [0.1, 0.15) is 12.1 Å². The van der Waals surface area contributed by atoms with Crippen LogP contribution in [0.5, 0.6) is 0 Å². The number of H-pyrrole nitrogens is 1. The number of aromatic nitrogens is 6. The smallest absolute Gasteiger partial charge is 0.264 e. The van der Waals surface area contributed by atoms with E-state index in [1.165, 1.54) is 4.68 Å². The average molecular weight is 343 g/mol. The maximum atomic E-state index is 13.3. The third kappa shape index (κ3) is 2.88. The van der Waals surface area contributed by atoms with Crippen molar-refractivity contribution in [3.8, 4) is 0 Å². The lowest BCUT2D eigenvalue weighted by Gasteiger charge is -2.10. The summed E-state index contributed by atoms with van der Waals surface area (Å²) >= 11 is 0. The number of pyridine rings is 2. The van der Waals surface area contributed by atoms with E-state index in [2.05, 4.69) is 30.6 Å². The van der Waals surface area contributed by atoms with Gasteiger partial charge in [-0.05, 0) is 25.1 Å². The first-order valence-electron chi connectivity index (χ1n) is 7.68. The minimum Gasteiger partial charge on any atom is -0.336 e. The Morgan fingerprint density at radius 3 is 2.96 bits per heavy atom. The summed E-state index contributed by atoms with van der Waals surface area (Å²) in [6.07, 6.45) is 3.25. The number of rotatable bonds is 4. The summed E-state index contributed by atoms with van der Waals surface area (Å²) in [4.78, 5) is 8.58. The molecule has 0 spiro atoms.